The predicted octanol–water partition coefficient (Wildman–Crippen LogP) is 5.63. The van der Waals surface area contributed by atoms with Crippen molar-refractivity contribution in [3.05, 3.63) is 24.3 Å². The lowest BCUT2D eigenvalue weighted by molar-refractivity contribution is 1.35. The van der Waals surface area contributed by atoms with Gasteiger partial charge in [0.1, 0.15) is 0 Å². The fourth-order valence-electron chi connectivity index (χ4n) is 1.23. The van der Waals surface area contributed by atoms with Crippen molar-refractivity contribution in [2.75, 3.05) is 10.8 Å². The van der Waals surface area contributed by atoms with Crippen LogP contribution in [0.1, 0.15) is 0 Å². The van der Waals surface area contributed by atoms with E-state index in [0.29, 0.717) is 0 Å². The normalized spacial score (nSPS) is 12.8. The molecule has 18 heavy (non-hydrogen) atoms. The van der Waals surface area contributed by atoms with Crippen LogP contribution in [-0.4, -0.2) is 26.9 Å². The lowest BCUT2D eigenvalue weighted by Gasteiger charge is -2.16. The maximum absolute atomic E-state index is 2.43. The lowest BCUT2D eigenvalue weighted by Crippen LogP contribution is -2.23. The fraction of sp³-hybridized carbons (Fsp3) is 0.571. The molecular weight excluding hydrogens is 288 g/mol. The van der Waals surface area contributed by atoms with Gasteiger partial charge in [0.15, 0.2) is 0 Å². The second kappa shape index (κ2) is 6.68. The summed E-state index contributed by atoms with van der Waals surface area (Å²) in [6.45, 7) is 14.6. The van der Waals surface area contributed by atoms with Gasteiger partial charge in [-0.2, -0.15) is 0 Å². The first kappa shape index (κ1) is 16.4. The topological polar surface area (TPSA) is 0 Å². The van der Waals surface area contributed by atoms with Crippen molar-refractivity contribution in [1.29, 1.82) is 0 Å². The first-order valence-electron chi connectivity index (χ1n) is 6.51. The molecule has 0 unspecified atom stereocenters. The molecule has 0 amide bonds. The Morgan fingerprint density at radius 1 is 0.667 bits per heavy atom. The minimum absolute atomic E-state index is 0.930. The zero-order valence-electron chi connectivity index (χ0n) is 12.5. The molecule has 0 N–H and O–H groups in total. The summed E-state index contributed by atoms with van der Waals surface area (Å²) in [4.78, 5) is 2.85. The summed E-state index contributed by atoms with van der Waals surface area (Å²) in [6, 6.07) is 9.16. The lowest BCUT2D eigenvalue weighted by atomic mass is 10.4. The molecule has 0 aliphatic carbocycles. The van der Waals surface area contributed by atoms with Gasteiger partial charge in [0.2, 0.25) is 0 Å². The molecule has 0 spiro atoms. The van der Waals surface area contributed by atoms with Gasteiger partial charge in [0, 0.05) is 9.79 Å². The molecule has 1 aromatic carbocycles. The third-order valence-electron chi connectivity index (χ3n) is 2.17. The molecule has 0 heterocycles. The van der Waals surface area contributed by atoms with Crippen molar-refractivity contribution in [3.8, 4) is 0 Å². The van der Waals surface area contributed by atoms with Gasteiger partial charge in [-0.25, -0.2) is 0 Å². The van der Waals surface area contributed by atoms with E-state index in [-0.39, 0.29) is 0 Å². The summed E-state index contributed by atoms with van der Waals surface area (Å²) in [5, 5.41) is 2.63. The standard InChI is InChI=1S/C14H26S2Si2/c1-17(2,3)11-15-13-7-9-14(10-8-13)16-12-18(4,5)6/h7-10H,11-12H2,1-6H3. The van der Waals surface area contributed by atoms with Crippen LogP contribution in [0.25, 0.3) is 0 Å². The smallest absolute Gasteiger partial charge is 0.0552 e. The maximum Gasteiger partial charge on any atom is 0.0552 e. The molecule has 1 aromatic rings. The summed E-state index contributed by atoms with van der Waals surface area (Å²) < 4.78 is 0. The van der Waals surface area contributed by atoms with Gasteiger partial charge in [-0.15, -0.1) is 23.5 Å². The number of thioether (sulfide) groups is 2. The summed E-state index contributed by atoms with van der Waals surface area (Å²) >= 11 is 4.04. The van der Waals surface area contributed by atoms with Crippen molar-refractivity contribution >= 4 is 39.7 Å². The van der Waals surface area contributed by atoms with E-state index in [1.54, 1.807) is 0 Å². The Bertz CT molecular complexity index is 324. The highest BCUT2D eigenvalue weighted by Gasteiger charge is 2.14. The number of benzene rings is 1. The molecule has 0 aromatic heterocycles. The Labute approximate surface area is 123 Å². The predicted molar refractivity (Wildman–Crippen MR) is 94.6 cm³/mol. The van der Waals surface area contributed by atoms with Crippen molar-refractivity contribution < 1.29 is 0 Å². The zero-order chi connectivity index (χ0) is 13.8. The Morgan fingerprint density at radius 2 is 0.944 bits per heavy atom. The van der Waals surface area contributed by atoms with E-state index in [1.807, 2.05) is 23.5 Å². The van der Waals surface area contributed by atoms with Crippen LogP contribution < -0.4 is 0 Å². The average molecular weight is 315 g/mol. The van der Waals surface area contributed by atoms with Crippen LogP contribution in [-0.2, 0) is 0 Å². The third-order valence-corrected chi connectivity index (χ3v) is 11.5. The van der Waals surface area contributed by atoms with Gasteiger partial charge in [-0.1, -0.05) is 39.3 Å². The van der Waals surface area contributed by atoms with E-state index < -0.39 is 16.1 Å². The molecule has 0 nitrogen and oxygen atoms in total. The second-order valence-electron chi connectivity index (χ2n) is 7.17. The molecule has 0 fully saturated rings. The van der Waals surface area contributed by atoms with E-state index in [4.69, 9.17) is 0 Å². The summed E-state index contributed by atoms with van der Waals surface area (Å²) in [7, 11) is -1.86. The number of hydrogen-bond acceptors (Lipinski definition) is 2. The van der Waals surface area contributed by atoms with E-state index in [9.17, 15) is 0 Å². The van der Waals surface area contributed by atoms with E-state index in [2.05, 4.69) is 63.5 Å². The minimum atomic E-state index is -0.930. The highest BCUT2D eigenvalue weighted by atomic mass is 32.2. The third kappa shape index (κ3) is 7.72. The molecule has 4 heteroatoms. The van der Waals surface area contributed by atoms with Crippen LogP contribution in [0.2, 0.25) is 39.3 Å². The largest absolute Gasteiger partial charge is 0.129 e. The van der Waals surface area contributed by atoms with Gasteiger partial charge >= 0.3 is 0 Å². The number of hydrogen-bond donors (Lipinski definition) is 0. The van der Waals surface area contributed by atoms with E-state index in [1.165, 1.54) is 20.5 Å². The van der Waals surface area contributed by atoms with Crippen LogP contribution in [0.5, 0.6) is 0 Å². The molecule has 102 valence electrons. The summed E-state index contributed by atoms with van der Waals surface area (Å²) in [5.41, 5.74) is 0. The first-order chi connectivity index (χ1) is 8.16. The van der Waals surface area contributed by atoms with Crippen LogP contribution >= 0.6 is 23.5 Å². The van der Waals surface area contributed by atoms with E-state index >= 15 is 0 Å². The molecule has 0 saturated heterocycles. The SMILES string of the molecule is C[Si](C)(C)CSc1ccc(SC[Si](C)(C)C)cc1. The van der Waals surface area contributed by atoms with Gasteiger partial charge in [-0.05, 0) is 35.0 Å². The minimum Gasteiger partial charge on any atom is -0.129 e. The van der Waals surface area contributed by atoms with Crippen LogP contribution in [0.3, 0.4) is 0 Å². The van der Waals surface area contributed by atoms with Crippen molar-refractivity contribution in [3.63, 3.8) is 0 Å². The van der Waals surface area contributed by atoms with Gasteiger partial charge in [0.25, 0.3) is 0 Å². The Kier molecular flexibility index (Phi) is 6.09. The molecule has 0 atom stereocenters. The molecule has 0 radical (unpaired) electrons. The Hall–Kier alpha value is 0.354. The molecular formula is C14H26S2Si2. The van der Waals surface area contributed by atoms with Gasteiger partial charge < -0.3 is 0 Å². The van der Waals surface area contributed by atoms with Gasteiger partial charge in [0.05, 0.1) is 16.1 Å². The molecule has 0 aliphatic rings. The van der Waals surface area contributed by atoms with Crippen LogP contribution in [0.4, 0.5) is 0 Å². The van der Waals surface area contributed by atoms with Crippen LogP contribution in [0.15, 0.2) is 34.1 Å². The van der Waals surface area contributed by atoms with E-state index in [0.717, 1.165) is 0 Å². The summed E-state index contributed by atoms with van der Waals surface area (Å²) in [6.07, 6.45) is 0. The average Bonchev–Trinajstić information content (AvgIpc) is 2.23. The molecule has 0 aliphatic heterocycles. The van der Waals surface area contributed by atoms with Crippen LogP contribution in [0, 0.1) is 0 Å². The highest BCUT2D eigenvalue weighted by Crippen LogP contribution is 2.27. The first-order valence-corrected chi connectivity index (χ1v) is 15.9. The monoisotopic (exact) mass is 314 g/mol. The summed E-state index contributed by atoms with van der Waals surface area (Å²) in [5.74, 6) is 0. The number of rotatable bonds is 6. The van der Waals surface area contributed by atoms with Gasteiger partial charge in [-0.3, -0.25) is 0 Å². The quantitative estimate of drug-likeness (QED) is 0.493. The van der Waals surface area contributed by atoms with Crippen molar-refractivity contribution in [2.24, 2.45) is 0 Å². The Morgan fingerprint density at radius 3 is 1.17 bits per heavy atom. The van der Waals surface area contributed by atoms with Crippen molar-refractivity contribution in [2.45, 2.75) is 49.1 Å². The molecule has 0 bridgehead atoms. The maximum atomic E-state index is 2.43. The highest BCUT2D eigenvalue weighted by molar-refractivity contribution is 8.01. The second-order valence-corrected chi connectivity index (χ2v) is 21.2. The molecule has 1 rings (SSSR count). The molecule has 0 saturated carbocycles. The van der Waals surface area contributed by atoms with Crippen molar-refractivity contribution in [1.82, 2.24) is 0 Å². The Balaban J connectivity index is 2.48. The zero-order valence-corrected chi connectivity index (χ0v) is 16.2. The fourth-order valence-corrected chi connectivity index (χ4v) is 6.69.